The SMILES string of the molecule is C1=CC(Sc2ccccc2)CN(Cc2ccccc2)C1. The fourth-order valence-corrected chi connectivity index (χ4v) is 3.61. The van der Waals surface area contributed by atoms with E-state index in [1.54, 1.807) is 0 Å². The van der Waals surface area contributed by atoms with Crippen molar-refractivity contribution in [3.63, 3.8) is 0 Å². The molecule has 1 nitrogen and oxygen atoms in total. The highest BCUT2D eigenvalue weighted by atomic mass is 32.2. The van der Waals surface area contributed by atoms with Crippen molar-refractivity contribution in [1.82, 2.24) is 4.90 Å². The average molecular weight is 281 g/mol. The van der Waals surface area contributed by atoms with Crippen LogP contribution in [0.15, 0.2) is 77.7 Å². The molecule has 102 valence electrons. The number of nitrogens with zero attached hydrogens (tertiary/aromatic N) is 1. The van der Waals surface area contributed by atoms with Gasteiger partial charge in [0, 0.05) is 29.8 Å². The van der Waals surface area contributed by atoms with Crippen molar-refractivity contribution in [2.24, 2.45) is 0 Å². The summed E-state index contributed by atoms with van der Waals surface area (Å²) in [4.78, 5) is 3.86. The maximum absolute atomic E-state index is 2.51. The summed E-state index contributed by atoms with van der Waals surface area (Å²) >= 11 is 1.95. The highest BCUT2D eigenvalue weighted by molar-refractivity contribution is 8.00. The van der Waals surface area contributed by atoms with Crippen LogP contribution in [0.5, 0.6) is 0 Å². The average Bonchev–Trinajstić information content (AvgIpc) is 2.50. The van der Waals surface area contributed by atoms with Crippen molar-refractivity contribution in [1.29, 1.82) is 0 Å². The van der Waals surface area contributed by atoms with Gasteiger partial charge in [0.15, 0.2) is 0 Å². The number of hydrogen-bond acceptors (Lipinski definition) is 2. The molecule has 0 saturated heterocycles. The lowest BCUT2D eigenvalue weighted by Gasteiger charge is -2.28. The van der Waals surface area contributed by atoms with E-state index < -0.39 is 0 Å². The lowest BCUT2D eigenvalue weighted by Crippen LogP contribution is -2.33. The zero-order chi connectivity index (χ0) is 13.6. The number of thioether (sulfide) groups is 1. The van der Waals surface area contributed by atoms with Crippen molar-refractivity contribution in [2.75, 3.05) is 13.1 Å². The van der Waals surface area contributed by atoms with Gasteiger partial charge in [-0.2, -0.15) is 0 Å². The van der Waals surface area contributed by atoms with E-state index in [0.717, 1.165) is 19.6 Å². The first-order chi connectivity index (χ1) is 9.90. The van der Waals surface area contributed by atoms with Crippen molar-refractivity contribution in [2.45, 2.75) is 16.7 Å². The zero-order valence-electron chi connectivity index (χ0n) is 11.5. The molecule has 1 aliphatic heterocycles. The van der Waals surface area contributed by atoms with Crippen molar-refractivity contribution in [3.8, 4) is 0 Å². The van der Waals surface area contributed by atoms with Crippen LogP contribution >= 0.6 is 11.8 Å². The number of rotatable bonds is 4. The molecular weight excluding hydrogens is 262 g/mol. The molecule has 0 N–H and O–H groups in total. The van der Waals surface area contributed by atoms with E-state index in [9.17, 15) is 0 Å². The molecule has 2 heteroatoms. The van der Waals surface area contributed by atoms with Gasteiger partial charge in [0.25, 0.3) is 0 Å². The fourth-order valence-electron chi connectivity index (χ4n) is 2.47. The van der Waals surface area contributed by atoms with E-state index >= 15 is 0 Å². The molecule has 0 aromatic heterocycles. The molecule has 1 aliphatic rings. The van der Waals surface area contributed by atoms with Crippen LogP contribution in [0.3, 0.4) is 0 Å². The molecule has 0 fully saturated rings. The Morgan fingerprint density at radius 3 is 2.40 bits per heavy atom. The van der Waals surface area contributed by atoms with Gasteiger partial charge in [-0.05, 0) is 17.7 Å². The Bertz CT molecular complexity index is 550. The summed E-state index contributed by atoms with van der Waals surface area (Å²) in [5.41, 5.74) is 1.39. The van der Waals surface area contributed by atoms with Gasteiger partial charge in [0.2, 0.25) is 0 Å². The maximum atomic E-state index is 2.51. The zero-order valence-corrected chi connectivity index (χ0v) is 12.3. The molecular formula is C18H19NS. The highest BCUT2D eigenvalue weighted by Gasteiger charge is 2.16. The normalized spacial score (nSPS) is 19.1. The Kier molecular flexibility index (Phi) is 4.57. The Morgan fingerprint density at radius 1 is 0.950 bits per heavy atom. The second-order valence-electron chi connectivity index (χ2n) is 5.08. The van der Waals surface area contributed by atoms with E-state index in [0.29, 0.717) is 5.25 Å². The molecule has 0 aliphatic carbocycles. The lowest BCUT2D eigenvalue weighted by molar-refractivity contribution is 0.294. The third kappa shape index (κ3) is 3.75. The van der Waals surface area contributed by atoms with Gasteiger partial charge < -0.3 is 0 Å². The number of benzene rings is 2. The lowest BCUT2D eigenvalue weighted by atomic mass is 10.2. The first-order valence-electron chi connectivity index (χ1n) is 7.05. The monoisotopic (exact) mass is 281 g/mol. The molecule has 0 saturated carbocycles. The van der Waals surface area contributed by atoms with Crippen LogP contribution in [0.25, 0.3) is 0 Å². The predicted molar refractivity (Wildman–Crippen MR) is 86.9 cm³/mol. The smallest absolute Gasteiger partial charge is 0.0402 e. The van der Waals surface area contributed by atoms with Crippen LogP contribution in [0, 0.1) is 0 Å². The summed E-state index contributed by atoms with van der Waals surface area (Å²) in [6.07, 6.45) is 4.65. The van der Waals surface area contributed by atoms with E-state index in [4.69, 9.17) is 0 Å². The van der Waals surface area contributed by atoms with Gasteiger partial charge in [-0.25, -0.2) is 0 Å². The Morgan fingerprint density at radius 2 is 1.65 bits per heavy atom. The van der Waals surface area contributed by atoms with Gasteiger partial charge in [-0.15, -0.1) is 11.8 Å². The van der Waals surface area contributed by atoms with Crippen molar-refractivity contribution in [3.05, 3.63) is 78.4 Å². The first-order valence-corrected chi connectivity index (χ1v) is 7.93. The summed E-state index contributed by atoms with van der Waals surface area (Å²) in [5.74, 6) is 0. The summed E-state index contributed by atoms with van der Waals surface area (Å²) in [7, 11) is 0. The molecule has 1 heterocycles. The molecule has 0 radical (unpaired) electrons. The second-order valence-corrected chi connectivity index (χ2v) is 6.39. The minimum Gasteiger partial charge on any atom is -0.294 e. The van der Waals surface area contributed by atoms with Crippen LogP contribution in [0.4, 0.5) is 0 Å². The van der Waals surface area contributed by atoms with Gasteiger partial charge in [-0.3, -0.25) is 4.90 Å². The van der Waals surface area contributed by atoms with Crippen molar-refractivity contribution < 1.29 is 0 Å². The number of hydrogen-bond donors (Lipinski definition) is 0. The van der Waals surface area contributed by atoms with Gasteiger partial charge in [0.05, 0.1) is 0 Å². The minimum absolute atomic E-state index is 0.551. The largest absolute Gasteiger partial charge is 0.294 e. The van der Waals surface area contributed by atoms with E-state index in [-0.39, 0.29) is 0 Å². The topological polar surface area (TPSA) is 3.24 Å². The Hall–Kier alpha value is -1.51. The van der Waals surface area contributed by atoms with Crippen molar-refractivity contribution >= 4 is 11.8 Å². The Labute approximate surface area is 125 Å². The van der Waals surface area contributed by atoms with E-state index in [2.05, 4.69) is 77.7 Å². The standard InChI is InChI=1S/C18H19NS/c1-3-8-16(9-4-1)14-19-13-7-12-18(15-19)20-17-10-5-2-6-11-17/h1-12,18H,13-15H2. The third-order valence-electron chi connectivity index (χ3n) is 3.43. The van der Waals surface area contributed by atoms with Crippen LogP contribution in [0.2, 0.25) is 0 Å². The molecule has 0 bridgehead atoms. The first kappa shape index (κ1) is 13.5. The highest BCUT2D eigenvalue weighted by Crippen LogP contribution is 2.26. The second kappa shape index (κ2) is 6.78. The van der Waals surface area contributed by atoms with E-state index in [1.807, 2.05) is 11.8 Å². The van der Waals surface area contributed by atoms with Gasteiger partial charge >= 0.3 is 0 Å². The molecule has 1 unspecified atom stereocenters. The molecule has 0 amide bonds. The summed E-state index contributed by atoms with van der Waals surface area (Å²) < 4.78 is 0. The molecule has 2 aromatic carbocycles. The maximum Gasteiger partial charge on any atom is 0.0402 e. The van der Waals surface area contributed by atoms with Crippen LogP contribution in [0.1, 0.15) is 5.56 Å². The van der Waals surface area contributed by atoms with E-state index in [1.165, 1.54) is 10.5 Å². The summed E-state index contributed by atoms with van der Waals surface area (Å²) in [5, 5.41) is 0.551. The van der Waals surface area contributed by atoms with Crippen LogP contribution in [-0.2, 0) is 6.54 Å². The van der Waals surface area contributed by atoms with Crippen LogP contribution in [-0.4, -0.2) is 23.2 Å². The molecule has 3 rings (SSSR count). The Balaban J connectivity index is 1.59. The predicted octanol–water partition coefficient (Wildman–Crippen LogP) is 4.22. The van der Waals surface area contributed by atoms with Gasteiger partial charge in [-0.1, -0.05) is 60.7 Å². The molecule has 20 heavy (non-hydrogen) atoms. The molecule has 2 aromatic rings. The molecule has 0 spiro atoms. The quantitative estimate of drug-likeness (QED) is 0.772. The molecule has 1 atom stereocenters. The summed E-state index contributed by atoms with van der Waals surface area (Å²) in [6, 6.07) is 21.4. The van der Waals surface area contributed by atoms with Gasteiger partial charge in [0.1, 0.15) is 0 Å². The minimum atomic E-state index is 0.551. The van der Waals surface area contributed by atoms with Crippen LogP contribution < -0.4 is 0 Å². The fraction of sp³-hybridized carbons (Fsp3) is 0.222. The summed E-state index contributed by atoms with van der Waals surface area (Å²) in [6.45, 7) is 3.21. The third-order valence-corrected chi connectivity index (χ3v) is 4.59.